The minimum absolute atomic E-state index is 0.474. The van der Waals surface area contributed by atoms with Crippen molar-refractivity contribution in [3.05, 3.63) is 11.6 Å². The molecule has 1 aliphatic carbocycles. The Kier molecular flexibility index (Phi) is 3.20. The molecule has 80 valence electrons. The van der Waals surface area contributed by atoms with Crippen molar-refractivity contribution in [2.24, 2.45) is 0 Å². The number of carbonyl (C=O) groups excluding carboxylic acids is 1. The molecule has 6 heteroatoms. The van der Waals surface area contributed by atoms with Crippen molar-refractivity contribution in [2.75, 3.05) is 7.11 Å². The number of aliphatic hydroxyl groups is 3. The highest BCUT2D eigenvalue weighted by atomic mass is 19.1. The number of hydrogen-bond donors (Lipinski definition) is 3. The molecule has 0 aromatic heterocycles. The summed E-state index contributed by atoms with van der Waals surface area (Å²) in [6, 6.07) is 0. The third-order valence-corrected chi connectivity index (χ3v) is 2.07. The summed E-state index contributed by atoms with van der Waals surface area (Å²) in [5.41, 5.74) is -0.474. The largest absolute Gasteiger partial charge is 0.466 e. The predicted octanol–water partition coefficient (Wildman–Crippen LogP) is -1.48. The summed E-state index contributed by atoms with van der Waals surface area (Å²) in [4.78, 5) is 10.9. The van der Waals surface area contributed by atoms with E-state index < -0.39 is 36.0 Å². The number of alkyl halides is 1. The molecule has 0 aromatic carbocycles. The van der Waals surface area contributed by atoms with Gasteiger partial charge in [0.1, 0.15) is 18.3 Å². The number of esters is 1. The molecule has 0 amide bonds. The highest BCUT2D eigenvalue weighted by molar-refractivity contribution is 5.90. The maximum Gasteiger partial charge on any atom is 0.336 e. The Labute approximate surface area is 79.4 Å². The zero-order valence-corrected chi connectivity index (χ0v) is 7.42. The Hall–Kier alpha value is -0.980. The third-order valence-electron chi connectivity index (χ3n) is 2.07. The Balaban J connectivity index is 2.95. The fourth-order valence-electron chi connectivity index (χ4n) is 1.23. The van der Waals surface area contributed by atoms with Gasteiger partial charge in [0, 0.05) is 0 Å². The summed E-state index contributed by atoms with van der Waals surface area (Å²) in [6.45, 7) is 0. The first-order valence-corrected chi connectivity index (χ1v) is 3.97. The summed E-state index contributed by atoms with van der Waals surface area (Å²) in [7, 11) is 1.06. The van der Waals surface area contributed by atoms with Gasteiger partial charge in [-0.15, -0.1) is 0 Å². The summed E-state index contributed by atoms with van der Waals surface area (Å²) in [5, 5.41) is 27.3. The summed E-state index contributed by atoms with van der Waals surface area (Å²) in [6.07, 6.45) is -6.11. The molecule has 0 saturated carbocycles. The van der Waals surface area contributed by atoms with E-state index in [4.69, 9.17) is 15.3 Å². The van der Waals surface area contributed by atoms with Crippen LogP contribution < -0.4 is 0 Å². The summed E-state index contributed by atoms with van der Waals surface area (Å²) >= 11 is 0. The topological polar surface area (TPSA) is 87.0 Å². The minimum atomic E-state index is -2.04. The van der Waals surface area contributed by atoms with Crippen LogP contribution in [-0.2, 0) is 9.53 Å². The lowest BCUT2D eigenvalue weighted by molar-refractivity contribution is -0.139. The zero-order valence-electron chi connectivity index (χ0n) is 7.42. The van der Waals surface area contributed by atoms with Gasteiger partial charge in [-0.2, -0.15) is 0 Å². The van der Waals surface area contributed by atoms with E-state index in [-0.39, 0.29) is 0 Å². The lowest BCUT2D eigenvalue weighted by atomic mass is 9.90. The molecule has 1 rings (SSSR count). The molecule has 0 saturated heterocycles. The first-order valence-electron chi connectivity index (χ1n) is 3.97. The van der Waals surface area contributed by atoms with Crippen LogP contribution in [0.4, 0.5) is 4.39 Å². The van der Waals surface area contributed by atoms with Gasteiger partial charge >= 0.3 is 5.97 Å². The second kappa shape index (κ2) is 4.04. The smallest absolute Gasteiger partial charge is 0.336 e. The van der Waals surface area contributed by atoms with Crippen molar-refractivity contribution in [3.8, 4) is 0 Å². The lowest BCUT2D eigenvalue weighted by Gasteiger charge is -2.29. The fraction of sp³-hybridized carbons (Fsp3) is 0.625. The van der Waals surface area contributed by atoms with Crippen molar-refractivity contribution in [1.29, 1.82) is 0 Å². The quantitative estimate of drug-likeness (QED) is 0.455. The first-order chi connectivity index (χ1) is 6.49. The van der Waals surface area contributed by atoms with Crippen LogP contribution in [0.15, 0.2) is 11.6 Å². The van der Waals surface area contributed by atoms with Gasteiger partial charge in [-0.3, -0.25) is 0 Å². The van der Waals surface area contributed by atoms with Gasteiger partial charge in [-0.1, -0.05) is 0 Å². The number of ether oxygens (including phenoxy) is 1. The summed E-state index contributed by atoms with van der Waals surface area (Å²) in [5.74, 6) is -0.970. The Morgan fingerprint density at radius 1 is 1.43 bits per heavy atom. The van der Waals surface area contributed by atoms with Crippen LogP contribution >= 0.6 is 0 Å². The number of methoxy groups -OCH3 is 1. The monoisotopic (exact) mass is 206 g/mol. The molecule has 4 atom stereocenters. The van der Waals surface area contributed by atoms with Crippen LogP contribution in [0.1, 0.15) is 0 Å². The molecular weight excluding hydrogens is 195 g/mol. The van der Waals surface area contributed by atoms with Crippen molar-refractivity contribution >= 4 is 5.97 Å². The molecule has 0 unspecified atom stereocenters. The van der Waals surface area contributed by atoms with Crippen molar-refractivity contribution < 1.29 is 29.2 Å². The van der Waals surface area contributed by atoms with Crippen LogP contribution in [0.3, 0.4) is 0 Å². The molecule has 14 heavy (non-hydrogen) atoms. The first kappa shape index (κ1) is 11.1. The van der Waals surface area contributed by atoms with E-state index in [1.54, 1.807) is 0 Å². The van der Waals surface area contributed by atoms with E-state index in [1.807, 2.05) is 0 Å². The average molecular weight is 206 g/mol. The summed E-state index contributed by atoms with van der Waals surface area (Å²) < 4.78 is 17.5. The number of carbonyl (C=O) groups is 1. The number of aliphatic hydroxyl groups excluding tert-OH is 3. The highest BCUT2D eigenvalue weighted by Gasteiger charge is 2.40. The van der Waals surface area contributed by atoms with Gasteiger partial charge in [-0.05, 0) is 6.08 Å². The molecule has 0 heterocycles. The molecular formula is C8H11FO5. The van der Waals surface area contributed by atoms with Crippen LogP contribution in [0.5, 0.6) is 0 Å². The van der Waals surface area contributed by atoms with Gasteiger partial charge < -0.3 is 20.1 Å². The average Bonchev–Trinajstić information content (AvgIpc) is 2.19. The Bertz CT molecular complexity index is 264. The molecule has 5 nitrogen and oxygen atoms in total. The van der Waals surface area contributed by atoms with E-state index in [0.29, 0.717) is 0 Å². The maximum absolute atomic E-state index is 13.2. The van der Waals surface area contributed by atoms with Crippen LogP contribution in [0.2, 0.25) is 0 Å². The van der Waals surface area contributed by atoms with Crippen LogP contribution in [-0.4, -0.2) is 52.9 Å². The van der Waals surface area contributed by atoms with Gasteiger partial charge in [0.05, 0.1) is 12.7 Å². The number of halogens is 1. The predicted molar refractivity (Wildman–Crippen MR) is 43.0 cm³/mol. The van der Waals surface area contributed by atoms with Crippen LogP contribution in [0, 0.1) is 0 Å². The fourth-order valence-corrected chi connectivity index (χ4v) is 1.23. The number of rotatable bonds is 1. The van der Waals surface area contributed by atoms with E-state index in [0.717, 1.165) is 13.2 Å². The zero-order chi connectivity index (χ0) is 10.9. The van der Waals surface area contributed by atoms with E-state index in [2.05, 4.69) is 4.74 Å². The van der Waals surface area contributed by atoms with Gasteiger partial charge in [0.2, 0.25) is 0 Å². The van der Waals surface area contributed by atoms with Gasteiger partial charge in [-0.25, -0.2) is 9.18 Å². The second-order valence-corrected chi connectivity index (χ2v) is 2.99. The van der Waals surface area contributed by atoms with Crippen molar-refractivity contribution in [3.63, 3.8) is 0 Å². The molecule has 0 radical (unpaired) electrons. The third kappa shape index (κ3) is 1.77. The molecule has 0 aliphatic heterocycles. The van der Waals surface area contributed by atoms with Gasteiger partial charge in [0.25, 0.3) is 0 Å². The SMILES string of the molecule is COC(=O)C1=C[C@@H](O)[C@@H](O)[C@H](O)[C@H]1F. The Morgan fingerprint density at radius 3 is 2.50 bits per heavy atom. The molecule has 0 bridgehead atoms. The minimum Gasteiger partial charge on any atom is -0.466 e. The maximum atomic E-state index is 13.2. The van der Waals surface area contributed by atoms with E-state index in [9.17, 15) is 9.18 Å². The van der Waals surface area contributed by atoms with E-state index in [1.165, 1.54) is 0 Å². The van der Waals surface area contributed by atoms with Crippen molar-refractivity contribution in [1.82, 2.24) is 0 Å². The van der Waals surface area contributed by atoms with Crippen molar-refractivity contribution in [2.45, 2.75) is 24.5 Å². The highest BCUT2D eigenvalue weighted by Crippen LogP contribution is 2.23. The normalized spacial score (nSPS) is 37.6. The Morgan fingerprint density at radius 2 is 2.00 bits per heavy atom. The molecule has 0 spiro atoms. The van der Waals surface area contributed by atoms with Gasteiger partial charge in [0.15, 0.2) is 6.17 Å². The molecule has 0 fully saturated rings. The second-order valence-electron chi connectivity index (χ2n) is 2.99. The molecule has 0 aromatic rings. The molecule has 1 aliphatic rings. The number of hydrogen-bond acceptors (Lipinski definition) is 5. The van der Waals surface area contributed by atoms with Crippen LogP contribution in [0.25, 0.3) is 0 Å². The lowest BCUT2D eigenvalue weighted by Crippen LogP contribution is -2.48. The standard InChI is InChI=1S/C8H11FO5/c1-14-8(13)3-2-4(10)6(11)7(12)5(3)9/h2,4-7,10-12H,1H3/t4-,5+,6-,7-/m1/s1. The van der Waals surface area contributed by atoms with E-state index >= 15 is 0 Å². The molecule has 3 N–H and O–H groups in total.